The van der Waals surface area contributed by atoms with Crippen molar-refractivity contribution in [2.45, 2.75) is 18.4 Å². The summed E-state index contributed by atoms with van der Waals surface area (Å²) in [4.78, 5) is 0. The van der Waals surface area contributed by atoms with Crippen molar-refractivity contribution >= 4 is 35.1 Å². The normalized spacial score (nSPS) is 8.31. The molecule has 0 radical (unpaired) electrons. The molecule has 0 N–H and O–H groups in total. The van der Waals surface area contributed by atoms with Crippen LogP contribution < -0.4 is 56.5 Å². The maximum Gasteiger partial charge on any atom is 1.00 e. The average molecular weight is 265 g/mol. The van der Waals surface area contributed by atoms with E-state index in [4.69, 9.17) is 16.7 Å². The zero-order chi connectivity index (χ0) is 9.40. The Kier molecular flexibility index (Phi) is 15.7. The molecule has 0 bridgehead atoms. The first-order valence-corrected chi connectivity index (χ1v) is 5.45. The van der Waals surface area contributed by atoms with Crippen LogP contribution in [0.4, 0.5) is 0 Å². The zero-order valence-electron chi connectivity index (χ0n) is 7.91. The smallest absolute Gasteiger partial charge is 0.857 e. The Morgan fingerprint density at radius 1 is 1.46 bits per heavy atom. The molecular weight excluding hydrogens is 255 g/mol. The Labute approximate surface area is 134 Å². The Balaban J connectivity index is 0. The molecule has 1 heterocycles. The van der Waals surface area contributed by atoms with Crippen molar-refractivity contribution in [1.82, 2.24) is 8.75 Å². The number of hydrogen-bond donors (Lipinski definition) is 0. The molecule has 0 aliphatic heterocycles. The quantitative estimate of drug-likeness (QED) is 0.502. The molecular formula is C6H10ClKN2OS2. The minimum absolute atomic E-state index is 0. The van der Waals surface area contributed by atoms with Crippen LogP contribution in [0, 0.1) is 0 Å². The van der Waals surface area contributed by atoms with Crippen molar-refractivity contribution in [3.8, 4) is 0 Å². The summed E-state index contributed by atoms with van der Waals surface area (Å²) in [6.45, 7) is 2.13. The third-order valence-electron chi connectivity index (χ3n) is 0.864. The topological polar surface area (TPSA) is 48.8 Å². The third-order valence-corrected chi connectivity index (χ3v) is 3.15. The Morgan fingerprint density at radius 3 is 2.46 bits per heavy atom. The monoisotopic (exact) mass is 264 g/mol. The van der Waals surface area contributed by atoms with Crippen LogP contribution >= 0.6 is 35.1 Å². The summed E-state index contributed by atoms with van der Waals surface area (Å²) in [6.07, 6.45) is 1.14. The predicted octanol–water partition coefficient (Wildman–Crippen LogP) is -1.33. The molecule has 1 aromatic rings. The molecule has 0 saturated carbocycles. The third kappa shape index (κ3) is 7.69. The van der Waals surface area contributed by atoms with Gasteiger partial charge in [-0.15, -0.1) is 11.8 Å². The van der Waals surface area contributed by atoms with Crippen LogP contribution in [0.3, 0.4) is 0 Å². The van der Waals surface area contributed by atoms with Gasteiger partial charge in [0.15, 0.2) is 5.15 Å². The van der Waals surface area contributed by atoms with Gasteiger partial charge in [-0.05, 0) is 12.2 Å². The van der Waals surface area contributed by atoms with Crippen LogP contribution in [0.5, 0.6) is 0 Å². The first-order chi connectivity index (χ1) is 5.84. The summed E-state index contributed by atoms with van der Waals surface area (Å²) in [5.74, 6) is 1.06. The molecule has 1 aromatic heterocycles. The van der Waals surface area contributed by atoms with Crippen molar-refractivity contribution in [2.75, 3.05) is 12.9 Å². The van der Waals surface area contributed by atoms with Gasteiger partial charge >= 0.3 is 51.4 Å². The summed E-state index contributed by atoms with van der Waals surface area (Å²) in [6, 6.07) is 0. The number of halogens is 1. The number of hydrogen-bond acceptors (Lipinski definition) is 5. The first kappa shape index (κ1) is 17.2. The second kappa shape index (κ2) is 11.9. The van der Waals surface area contributed by atoms with E-state index in [1.807, 2.05) is 0 Å². The molecule has 0 aliphatic rings. The fourth-order valence-corrected chi connectivity index (χ4v) is 2.09. The minimum atomic E-state index is 0. The van der Waals surface area contributed by atoms with Gasteiger partial charge in [0, 0.05) is 0 Å². The van der Waals surface area contributed by atoms with Crippen molar-refractivity contribution < 1.29 is 56.5 Å². The van der Waals surface area contributed by atoms with E-state index in [1.165, 1.54) is 0 Å². The minimum Gasteiger partial charge on any atom is -0.857 e. The van der Waals surface area contributed by atoms with Crippen molar-refractivity contribution in [3.63, 3.8) is 0 Å². The van der Waals surface area contributed by atoms with Crippen LogP contribution in [0.15, 0.2) is 5.03 Å². The molecule has 0 fully saturated rings. The first-order valence-electron chi connectivity index (χ1n) is 3.36. The number of thioether (sulfide) groups is 1. The van der Waals surface area contributed by atoms with E-state index in [2.05, 4.69) is 15.7 Å². The molecule has 0 aromatic carbocycles. The van der Waals surface area contributed by atoms with Gasteiger partial charge in [0.2, 0.25) is 0 Å². The molecule has 0 aliphatic carbocycles. The summed E-state index contributed by atoms with van der Waals surface area (Å²) in [7, 11) is 0.750. The van der Waals surface area contributed by atoms with E-state index >= 15 is 0 Å². The van der Waals surface area contributed by atoms with Crippen LogP contribution in [-0.4, -0.2) is 21.6 Å². The van der Waals surface area contributed by atoms with E-state index in [0.29, 0.717) is 5.15 Å². The maximum absolute atomic E-state index is 8.25. The number of aromatic nitrogens is 2. The molecule has 3 nitrogen and oxygen atoms in total. The second-order valence-corrected chi connectivity index (χ2v) is 3.68. The van der Waals surface area contributed by atoms with Crippen LogP contribution in [0.2, 0.25) is 5.15 Å². The van der Waals surface area contributed by atoms with Crippen LogP contribution in [0.25, 0.3) is 0 Å². The van der Waals surface area contributed by atoms with Crippen LogP contribution in [-0.2, 0) is 0 Å². The fraction of sp³-hybridized carbons (Fsp3) is 0.667. The second-order valence-electron chi connectivity index (χ2n) is 1.71. The van der Waals surface area contributed by atoms with Gasteiger partial charge in [-0.3, -0.25) is 0 Å². The predicted molar refractivity (Wildman–Crippen MR) is 51.9 cm³/mol. The molecule has 7 heteroatoms. The van der Waals surface area contributed by atoms with E-state index in [9.17, 15) is 0 Å². The average Bonchev–Trinajstić information content (AvgIpc) is 2.51. The van der Waals surface area contributed by atoms with Gasteiger partial charge in [-0.25, -0.2) is 0 Å². The maximum atomic E-state index is 8.25. The number of rotatable bonds is 3. The Bertz CT molecular complexity index is 212. The summed E-state index contributed by atoms with van der Waals surface area (Å²) >= 11 is 8.51. The number of nitrogens with zero attached hydrogens (tertiary/aromatic N) is 2. The summed E-state index contributed by atoms with van der Waals surface area (Å²) < 4.78 is 7.86. The zero-order valence-corrected chi connectivity index (χ0v) is 13.4. The Hall–Kier alpha value is 1.80. The SMILES string of the molecule is CCCSc1nsnc1Cl.C[O-].[K+]. The standard InChI is InChI=1S/C5H7ClN2S2.CH3O.K/c1-2-3-9-5-4(6)7-10-8-5;1-2;/h2-3H2,1H3;1H3;/q;-1;+1. The van der Waals surface area contributed by atoms with Crippen molar-refractivity contribution in [2.24, 2.45) is 0 Å². The molecule has 1 rings (SSSR count). The molecule has 0 atom stereocenters. The van der Waals surface area contributed by atoms with E-state index in [-0.39, 0.29) is 51.4 Å². The largest absolute Gasteiger partial charge is 1.00 e. The molecule has 0 spiro atoms. The molecule has 13 heavy (non-hydrogen) atoms. The van der Waals surface area contributed by atoms with Gasteiger partial charge in [-0.1, -0.05) is 18.5 Å². The van der Waals surface area contributed by atoms with Crippen molar-refractivity contribution in [3.05, 3.63) is 5.15 Å². The van der Waals surface area contributed by atoms with Gasteiger partial charge in [0.1, 0.15) is 5.03 Å². The van der Waals surface area contributed by atoms with E-state index < -0.39 is 0 Å². The Morgan fingerprint density at radius 2 is 2.08 bits per heavy atom. The van der Waals surface area contributed by atoms with E-state index in [1.54, 1.807) is 11.8 Å². The summed E-state index contributed by atoms with van der Waals surface area (Å²) in [5.41, 5.74) is 0. The van der Waals surface area contributed by atoms with Gasteiger partial charge < -0.3 is 5.11 Å². The van der Waals surface area contributed by atoms with Crippen LogP contribution in [0.1, 0.15) is 13.3 Å². The van der Waals surface area contributed by atoms with Crippen molar-refractivity contribution in [1.29, 1.82) is 0 Å². The van der Waals surface area contributed by atoms with E-state index in [0.717, 1.165) is 36.0 Å². The molecule has 0 saturated heterocycles. The van der Waals surface area contributed by atoms with Gasteiger partial charge in [0.05, 0.1) is 11.7 Å². The molecule has 0 amide bonds. The van der Waals surface area contributed by atoms with Gasteiger partial charge in [-0.2, -0.15) is 15.9 Å². The summed E-state index contributed by atoms with van der Waals surface area (Å²) in [5, 5.41) is 9.66. The fourth-order valence-electron chi connectivity index (χ4n) is 0.455. The molecule has 70 valence electrons. The molecule has 0 unspecified atom stereocenters. The van der Waals surface area contributed by atoms with Gasteiger partial charge in [0.25, 0.3) is 0 Å².